The average Bonchev–Trinajstić information content (AvgIpc) is 2.93. The zero-order valence-corrected chi connectivity index (χ0v) is 10.1. The predicted molar refractivity (Wildman–Crippen MR) is 64.0 cm³/mol. The molecule has 3 atom stereocenters. The molecule has 0 aromatic rings. The molecule has 1 heterocycles. The van der Waals surface area contributed by atoms with Gasteiger partial charge in [0, 0.05) is 26.2 Å². The number of nitrogens with two attached hydrogens (primary N) is 1. The molecule has 92 valence electrons. The molecule has 3 rings (SSSR count). The van der Waals surface area contributed by atoms with Crippen molar-refractivity contribution in [2.45, 2.75) is 37.7 Å². The Balaban J connectivity index is 1.58. The van der Waals surface area contributed by atoms with Gasteiger partial charge in [0.05, 0.1) is 5.60 Å². The van der Waals surface area contributed by atoms with Crippen LogP contribution in [0.25, 0.3) is 0 Å². The highest BCUT2D eigenvalue weighted by Crippen LogP contribution is 2.42. The first kappa shape index (κ1) is 11.0. The minimum atomic E-state index is -0.585. The molecule has 3 nitrogen and oxygen atoms in total. The highest BCUT2D eigenvalue weighted by atomic mass is 16.3. The van der Waals surface area contributed by atoms with Crippen LogP contribution in [0.4, 0.5) is 0 Å². The molecule has 3 N–H and O–H groups in total. The maximum absolute atomic E-state index is 10.5. The van der Waals surface area contributed by atoms with Crippen molar-refractivity contribution in [1.82, 2.24) is 4.90 Å². The van der Waals surface area contributed by atoms with E-state index in [0.717, 1.165) is 18.4 Å². The number of hydrogen-bond donors (Lipinski definition) is 2. The first-order chi connectivity index (χ1) is 7.71. The summed E-state index contributed by atoms with van der Waals surface area (Å²) in [5, 5.41) is 10.5. The van der Waals surface area contributed by atoms with Crippen LogP contribution in [0.1, 0.15) is 32.1 Å². The van der Waals surface area contributed by atoms with Crippen molar-refractivity contribution in [2.75, 3.05) is 26.2 Å². The normalized spacial score (nSPS) is 38.6. The molecule has 0 aromatic heterocycles. The molecule has 3 aliphatic rings. The predicted octanol–water partition coefficient (Wildman–Crippen LogP) is 0.818. The summed E-state index contributed by atoms with van der Waals surface area (Å²) in [5.41, 5.74) is 5.18. The standard InChI is InChI=1S/C13H24N2O/c14-8-13(16,12-4-5-12)9-15-6-10-2-1-3-11(10)7-15/h10-12,16H,1-9,14H2. The quantitative estimate of drug-likeness (QED) is 0.743. The van der Waals surface area contributed by atoms with Crippen molar-refractivity contribution >= 4 is 0 Å². The Kier molecular flexibility index (Phi) is 2.73. The number of fused-ring (bicyclic) bond motifs is 1. The zero-order chi connectivity index (χ0) is 11.2. The van der Waals surface area contributed by atoms with Crippen molar-refractivity contribution in [3.05, 3.63) is 0 Å². The first-order valence-corrected chi connectivity index (χ1v) is 6.86. The molecule has 0 radical (unpaired) electrons. The molecule has 2 saturated carbocycles. The van der Waals surface area contributed by atoms with Gasteiger partial charge in [0.25, 0.3) is 0 Å². The lowest BCUT2D eigenvalue weighted by molar-refractivity contribution is -0.00439. The van der Waals surface area contributed by atoms with Crippen LogP contribution in [0.15, 0.2) is 0 Å². The van der Waals surface area contributed by atoms with Crippen molar-refractivity contribution in [3.8, 4) is 0 Å². The number of likely N-dealkylation sites (tertiary alicyclic amines) is 1. The molecule has 0 amide bonds. The fourth-order valence-corrected chi connectivity index (χ4v) is 3.83. The Morgan fingerprint density at radius 3 is 2.25 bits per heavy atom. The van der Waals surface area contributed by atoms with Crippen molar-refractivity contribution in [1.29, 1.82) is 0 Å². The summed E-state index contributed by atoms with van der Waals surface area (Å²) < 4.78 is 0. The second kappa shape index (κ2) is 3.97. The first-order valence-electron chi connectivity index (χ1n) is 6.86. The van der Waals surface area contributed by atoms with Crippen LogP contribution in [-0.4, -0.2) is 41.8 Å². The summed E-state index contributed by atoms with van der Waals surface area (Å²) in [7, 11) is 0. The molecule has 2 aliphatic carbocycles. The molecule has 0 aromatic carbocycles. The Hall–Kier alpha value is -0.120. The van der Waals surface area contributed by atoms with E-state index in [1.165, 1.54) is 45.2 Å². The van der Waals surface area contributed by atoms with Gasteiger partial charge in [0.15, 0.2) is 0 Å². The Bertz CT molecular complexity index is 255. The van der Waals surface area contributed by atoms with E-state index in [2.05, 4.69) is 4.90 Å². The van der Waals surface area contributed by atoms with Crippen molar-refractivity contribution < 1.29 is 5.11 Å². The molecule has 3 heteroatoms. The van der Waals surface area contributed by atoms with Gasteiger partial charge in [-0.1, -0.05) is 6.42 Å². The zero-order valence-electron chi connectivity index (χ0n) is 10.1. The van der Waals surface area contributed by atoms with Gasteiger partial charge in [-0.15, -0.1) is 0 Å². The van der Waals surface area contributed by atoms with Crippen LogP contribution in [0, 0.1) is 17.8 Å². The highest BCUT2D eigenvalue weighted by Gasteiger charge is 2.46. The van der Waals surface area contributed by atoms with E-state index in [9.17, 15) is 5.11 Å². The van der Waals surface area contributed by atoms with Crippen LogP contribution >= 0.6 is 0 Å². The third-order valence-electron chi connectivity index (χ3n) is 4.99. The van der Waals surface area contributed by atoms with Crippen LogP contribution in [0.2, 0.25) is 0 Å². The molecule has 1 aliphatic heterocycles. The Labute approximate surface area is 98.0 Å². The average molecular weight is 224 g/mol. The van der Waals surface area contributed by atoms with Crippen molar-refractivity contribution in [3.63, 3.8) is 0 Å². The summed E-state index contributed by atoms with van der Waals surface area (Å²) in [6.45, 7) is 3.67. The van der Waals surface area contributed by atoms with Gasteiger partial charge < -0.3 is 10.8 Å². The molecule has 16 heavy (non-hydrogen) atoms. The molecule has 3 unspecified atom stereocenters. The van der Waals surface area contributed by atoms with E-state index in [1.807, 2.05) is 0 Å². The second-order valence-corrected chi connectivity index (χ2v) is 6.23. The largest absolute Gasteiger partial charge is 0.387 e. The maximum Gasteiger partial charge on any atom is 0.0923 e. The molecule has 0 bridgehead atoms. The van der Waals surface area contributed by atoms with E-state index >= 15 is 0 Å². The fourth-order valence-electron chi connectivity index (χ4n) is 3.83. The van der Waals surface area contributed by atoms with Gasteiger partial charge in [0.1, 0.15) is 0 Å². The number of nitrogens with zero attached hydrogens (tertiary/aromatic N) is 1. The monoisotopic (exact) mass is 224 g/mol. The van der Waals surface area contributed by atoms with E-state index in [-0.39, 0.29) is 0 Å². The van der Waals surface area contributed by atoms with Gasteiger partial charge in [-0.05, 0) is 43.4 Å². The number of rotatable bonds is 4. The molecular weight excluding hydrogens is 200 g/mol. The fraction of sp³-hybridized carbons (Fsp3) is 1.00. The smallest absolute Gasteiger partial charge is 0.0923 e. The summed E-state index contributed by atoms with van der Waals surface area (Å²) in [5.74, 6) is 2.32. The third-order valence-corrected chi connectivity index (χ3v) is 4.99. The van der Waals surface area contributed by atoms with Crippen molar-refractivity contribution in [2.24, 2.45) is 23.5 Å². The SMILES string of the molecule is NCC(O)(CN1CC2CCCC2C1)C1CC1. The molecule has 1 saturated heterocycles. The lowest BCUT2D eigenvalue weighted by Crippen LogP contribution is -2.49. The lowest BCUT2D eigenvalue weighted by Gasteiger charge is -2.31. The third kappa shape index (κ3) is 1.89. The van der Waals surface area contributed by atoms with Crippen LogP contribution < -0.4 is 5.73 Å². The Morgan fingerprint density at radius 1 is 1.12 bits per heavy atom. The molecule has 0 spiro atoms. The van der Waals surface area contributed by atoms with Gasteiger partial charge >= 0.3 is 0 Å². The number of hydrogen-bond acceptors (Lipinski definition) is 3. The summed E-state index contributed by atoms with van der Waals surface area (Å²) in [6, 6.07) is 0. The highest BCUT2D eigenvalue weighted by molar-refractivity contribution is 4.99. The van der Waals surface area contributed by atoms with E-state index in [1.54, 1.807) is 0 Å². The summed E-state index contributed by atoms with van der Waals surface area (Å²) in [4.78, 5) is 2.47. The van der Waals surface area contributed by atoms with Gasteiger partial charge in [0.2, 0.25) is 0 Å². The van der Waals surface area contributed by atoms with Gasteiger partial charge in [-0.25, -0.2) is 0 Å². The minimum absolute atomic E-state index is 0.434. The van der Waals surface area contributed by atoms with Gasteiger partial charge in [-0.3, -0.25) is 4.90 Å². The summed E-state index contributed by atoms with van der Waals surface area (Å²) in [6.07, 6.45) is 6.59. The maximum atomic E-state index is 10.5. The van der Waals surface area contributed by atoms with Crippen LogP contribution in [0.5, 0.6) is 0 Å². The lowest BCUT2D eigenvalue weighted by atomic mass is 9.97. The number of aliphatic hydroxyl groups is 1. The van der Waals surface area contributed by atoms with E-state index in [0.29, 0.717) is 12.5 Å². The van der Waals surface area contributed by atoms with Crippen LogP contribution in [-0.2, 0) is 0 Å². The van der Waals surface area contributed by atoms with Crippen LogP contribution in [0.3, 0.4) is 0 Å². The second-order valence-electron chi connectivity index (χ2n) is 6.23. The Morgan fingerprint density at radius 2 is 1.75 bits per heavy atom. The topological polar surface area (TPSA) is 49.5 Å². The van der Waals surface area contributed by atoms with Gasteiger partial charge in [-0.2, -0.15) is 0 Å². The van der Waals surface area contributed by atoms with E-state index in [4.69, 9.17) is 5.73 Å². The number of β-amino-alcohol motifs (C(OH)–C–C–N with tert-alkyl or cyclic N) is 1. The minimum Gasteiger partial charge on any atom is -0.387 e. The molecule has 3 fully saturated rings. The summed E-state index contributed by atoms with van der Waals surface area (Å²) >= 11 is 0. The molecular formula is C13H24N2O. The van der Waals surface area contributed by atoms with E-state index < -0.39 is 5.60 Å².